The van der Waals surface area contributed by atoms with Crippen LogP contribution in [0.5, 0.6) is 5.75 Å². The van der Waals surface area contributed by atoms with Crippen LogP contribution in [-0.2, 0) is 11.2 Å². The van der Waals surface area contributed by atoms with E-state index in [0.29, 0.717) is 18.7 Å². The topological polar surface area (TPSA) is 44.5 Å². The fraction of sp³-hybridized carbons (Fsp3) is 0.400. The molecule has 0 amide bonds. The van der Waals surface area contributed by atoms with Gasteiger partial charge in [0.1, 0.15) is 11.6 Å². The van der Waals surface area contributed by atoms with Crippen LogP contribution < -0.4 is 10.5 Å². The van der Waals surface area contributed by atoms with Gasteiger partial charge in [0, 0.05) is 7.11 Å². The third-order valence-corrected chi connectivity index (χ3v) is 1.77. The van der Waals surface area contributed by atoms with Crippen molar-refractivity contribution in [2.75, 3.05) is 20.4 Å². The van der Waals surface area contributed by atoms with Crippen molar-refractivity contribution in [1.29, 1.82) is 0 Å². The molecule has 0 heterocycles. The number of rotatable bonds is 5. The predicted octanol–water partition coefficient (Wildman–Crippen LogP) is 1.31. The lowest BCUT2D eigenvalue weighted by Crippen LogP contribution is -2.07. The van der Waals surface area contributed by atoms with Crippen molar-refractivity contribution in [3.63, 3.8) is 0 Å². The zero-order valence-corrected chi connectivity index (χ0v) is 8.13. The Hall–Kier alpha value is -1.13. The first-order valence-corrected chi connectivity index (χ1v) is 4.38. The molecule has 0 atom stereocenters. The molecule has 0 saturated heterocycles. The average molecular weight is 199 g/mol. The second kappa shape index (κ2) is 5.57. The van der Waals surface area contributed by atoms with Gasteiger partial charge in [-0.15, -0.1) is 0 Å². The second-order valence-corrected chi connectivity index (χ2v) is 2.84. The molecule has 4 heteroatoms. The Balaban J connectivity index is 2.78. The molecular weight excluding hydrogens is 185 g/mol. The van der Waals surface area contributed by atoms with E-state index in [1.165, 1.54) is 19.2 Å². The number of benzene rings is 1. The summed E-state index contributed by atoms with van der Waals surface area (Å²) in [6.45, 7) is 0.621. The molecule has 0 radical (unpaired) electrons. The van der Waals surface area contributed by atoms with Crippen molar-refractivity contribution in [2.45, 2.75) is 6.42 Å². The van der Waals surface area contributed by atoms with E-state index < -0.39 is 0 Å². The molecule has 0 saturated carbocycles. The van der Waals surface area contributed by atoms with Gasteiger partial charge in [-0.05, 0) is 36.7 Å². The first kappa shape index (κ1) is 10.9. The van der Waals surface area contributed by atoms with E-state index in [4.69, 9.17) is 15.2 Å². The molecule has 0 unspecified atom stereocenters. The van der Waals surface area contributed by atoms with Crippen LogP contribution in [0, 0.1) is 5.82 Å². The molecule has 0 aliphatic carbocycles. The van der Waals surface area contributed by atoms with Gasteiger partial charge in [-0.2, -0.15) is 0 Å². The highest BCUT2D eigenvalue weighted by molar-refractivity contribution is 5.34. The zero-order valence-electron chi connectivity index (χ0n) is 8.13. The highest BCUT2D eigenvalue weighted by Crippen LogP contribution is 2.19. The van der Waals surface area contributed by atoms with E-state index in [1.807, 2.05) is 0 Å². The minimum Gasteiger partial charge on any atom is -0.467 e. The summed E-state index contributed by atoms with van der Waals surface area (Å²) in [4.78, 5) is 0. The number of methoxy groups -OCH3 is 1. The summed E-state index contributed by atoms with van der Waals surface area (Å²) in [5, 5.41) is 0. The predicted molar refractivity (Wildman–Crippen MR) is 51.7 cm³/mol. The van der Waals surface area contributed by atoms with Crippen molar-refractivity contribution < 1.29 is 13.9 Å². The largest absolute Gasteiger partial charge is 0.467 e. The zero-order chi connectivity index (χ0) is 10.4. The molecule has 3 nitrogen and oxygen atoms in total. The van der Waals surface area contributed by atoms with Crippen LogP contribution in [0.4, 0.5) is 4.39 Å². The van der Waals surface area contributed by atoms with E-state index in [-0.39, 0.29) is 12.6 Å². The number of ether oxygens (including phenoxy) is 2. The number of hydrogen-bond acceptors (Lipinski definition) is 3. The van der Waals surface area contributed by atoms with Gasteiger partial charge in [0.15, 0.2) is 6.79 Å². The molecule has 14 heavy (non-hydrogen) atoms. The maximum absolute atomic E-state index is 12.9. The minimum absolute atomic E-state index is 0.156. The fourth-order valence-electron chi connectivity index (χ4n) is 1.16. The lowest BCUT2D eigenvalue weighted by Gasteiger charge is -2.09. The van der Waals surface area contributed by atoms with Gasteiger partial charge >= 0.3 is 0 Å². The van der Waals surface area contributed by atoms with Gasteiger partial charge in [-0.25, -0.2) is 4.39 Å². The van der Waals surface area contributed by atoms with Crippen molar-refractivity contribution in [3.05, 3.63) is 29.6 Å². The van der Waals surface area contributed by atoms with E-state index in [0.717, 1.165) is 5.56 Å². The molecule has 0 aliphatic heterocycles. The third kappa shape index (κ3) is 2.97. The summed E-state index contributed by atoms with van der Waals surface area (Å²) < 4.78 is 22.9. The summed E-state index contributed by atoms with van der Waals surface area (Å²) in [5.74, 6) is 0.344. The summed E-state index contributed by atoms with van der Waals surface area (Å²) in [6, 6.07) is 4.36. The van der Waals surface area contributed by atoms with Gasteiger partial charge in [-0.1, -0.05) is 0 Å². The highest BCUT2D eigenvalue weighted by Gasteiger charge is 2.04. The Labute approximate surface area is 82.6 Å². The van der Waals surface area contributed by atoms with Crippen LogP contribution in [0.25, 0.3) is 0 Å². The number of hydrogen-bond donors (Lipinski definition) is 1. The van der Waals surface area contributed by atoms with Crippen molar-refractivity contribution in [3.8, 4) is 5.75 Å². The monoisotopic (exact) mass is 199 g/mol. The van der Waals surface area contributed by atoms with Crippen LogP contribution >= 0.6 is 0 Å². The quantitative estimate of drug-likeness (QED) is 0.727. The van der Waals surface area contributed by atoms with Crippen LogP contribution in [0.2, 0.25) is 0 Å². The maximum atomic E-state index is 12.9. The minimum atomic E-state index is -0.279. The molecule has 78 valence electrons. The van der Waals surface area contributed by atoms with Crippen LogP contribution in [0.3, 0.4) is 0 Å². The van der Waals surface area contributed by atoms with Gasteiger partial charge in [0.25, 0.3) is 0 Å². The lowest BCUT2D eigenvalue weighted by atomic mass is 10.1. The number of halogens is 1. The molecule has 1 aromatic carbocycles. The van der Waals surface area contributed by atoms with E-state index >= 15 is 0 Å². The average Bonchev–Trinajstić information content (AvgIpc) is 2.17. The van der Waals surface area contributed by atoms with E-state index in [1.54, 1.807) is 6.07 Å². The van der Waals surface area contributed by atoms with Gasteiger partial charge in [-0.3, -0.25) is 0 Å². The summed E-state index contributed by atoms with van der Waals surface area (Å²) in [6.07, 6.45) is 0.594. The first-order valence-electron chi connectivity index (χ1n) is 4.38. The molecule has 0 aliphatic rings. The summed E-state index contributed by atoms with van der Waals surface area (Å²) in [5.41, 5.74) is 6.17. The van der Waals surface area contributed by atoms with Crippen molar-refractivity contribution >= 4 is 0 Å². The lowest BCUT2D eigenvalue weighted by molar-refractivity contribution is 0.0504. The van der Waals surface area contributed by atoms with Gasteiger partial charge in [0.2, 0.25) is 0 Å². The second-order valence-electron chi connectivity index (χ2n) is 2.84. The van der Waals surface area contributed by atoms with Gasteiger partial charge < -0.3 is 15.2 Å². The molecule has 1 aromatic rings. The van der Waals surface area contributed by atoms with Crippen molar-refractivity contribution in [2.24, 2.45) is 5.73 Å². The van der Waals surface area contributed by atoms with Crippen LogP contribution in [0.15, 0.2) is 18.2 Å². The fourth-order valence-corrected chi connectivity index (χ4v) is 1.16. The molecule has 1 rings (SSSR count). The molecule has 0 bridgehead atoms. The summed E-state index contributed by atoms with van der Waals surface area (Å²) in [7, 11) is 1.53. The molecule has 0 spiro atoms. The van der Waals surface area contributed by atoms with Crippen molar-refractivity contribution in [1.82, 2.24) is 0 Å². The van der Waals surface area contributed by atoms with Crippen LogP contribution in [-0.4, -0.2) is 20.4 Å². The maximum Gasteiger partial charge on any atom is 0.188 e. The highest BCUT2D eigenvalue weighted by atomic mass is 19.1. The molecule has 0 fully saturated rings. The Morgan fingerprint density at radius 2 is 2.21 bits per heavy atom. The van der Waals surface area contributed by atoms with E-state index in [9.17, 15) is 4.39 Å². The molecule has 0 aromatic heterocycles. The van der Waals surface area contributed by atoms with E-state index in [2.05, 4.69) is 0 Å². The van der Waals surface area contributed by atoms with Crippen LogP contribution in [0.1, 0.15) is 5.56 Å². The van der Waals surface area contributed by atoms with Gasteiger partial charge in [0.05, 0.1) is 0 Å². The Morgan fingerprint density at radius 1 is 1.43 bits per heavy atom. The Bertz CT molecular complexity index is 291. The summed E-state index contributed by atoms with van der Waals surface area (Å²) >= 11 is 0. The third-order valence-electron chi connectivity index (χ3n) is 1.77. The molecular formula is C10H14FNO2. The standard InChI is InChI=1S/C10H14FNO2/c1-13-7-14-10-3-2-9(11)6-8(10)4-5-12/h2-3,6H,4-5,7,12H2,1H3. The normalized spacial score (nSPS) is 10.2. The Kier molecular flexibility index (Phi) is 4.35. The smallest absolute Gasteiger partial charge is 0.188 e. The molecule has 2 N–H and O–H groups in total. The SMILES string of the molecule is COCOc1ccc(F)cc1CCN. The Morgan fingerprint density at radius 3 is 2.86 bits per heavy atom. The first-order chi connectivity index (χ1) is 6.77. The number of nitrogens with two attached hydrogens (primary N) is 1.